The van der Waals surface area contributed by atoms with Crippen molar-refractivity contribution in [1.29, 1.82) is 0 Å². The van der Waals surface area contributed by atoms with Crippen molar-refractivity contribution in [2.45, 2.75) is 25.8 Å². The smallest absolute Gasteiger partial charge is 0.272 e. The Morgan fingerprint density at radius 2 is 1.96 bits per heavy atom. The molecule has 3 atom stereocenters. The summed E-state index contributed by atoms with van der Waals surface area (Å²) in [5.74, 6) is 1.36. The van der Waals surface area contributed by atoms with E-state index in [9.17, 15) is 4.79 Å². The van der Waals surface area contributed by atoms with Gasteiger partial charge in [-0.15, -0.1) is 0 Å². The van der Waals surface area contributed by atoms with Crippen molar-refractivity contribution >= 4 is 34.1 Å². The number of aromatic nitrogens is 1. The van der Waals surface area contributed by atoms with Crippen molar-refractivity contribution in [3.63, 3.8) is 0 Å². The molecule has 2 aromatic carbocycles. The lowest BCUT2D eigenvalue weighted by Gasteiger charge is -2.18. The van der Waals surface area contributed by atoms with E-state index in [0.29, 0.717) is 22.7 Å². The Bertz CT molecular complexity index is 1020. The van der Waals surface area contributed by atoms with Gasteiger partial charge in [-0.3, -0.25) is 4.79 Å². The van der Waals surface area contributed by atoms with Gasteiger partial charge in [-0.25, -0.2) is 0 Å². The quantitative estimate of drug-likeness (QED) is 0.605. The van der Waals surface area contributed by atoms with Gasteiger partial charge in [0.15, 0.2) is 0 Å². The van der Waals surface area contributed by atoms with Crippen LogP contribution in [0, 0.1) is 11.8 Å². The predicted molar refractivity (Wildman–Crippen MR) is 109 cm³/mol. The lowest BCUT2D eigenvalue weighted by molar-refractivity contribution is 0.102. The maximum atomic E-state index is 13.0. The molecule has 1 aliphatic heterocycles. The fraction of sp³-hybridized carbons (Fsp3) is 0.318. The fourth-order valence-electron chi connectivity index (χ4n) is 4.44. The molecule has 27 heavy (non-hydrogen) atoms. The molecular formula is C22H22ClN3O. The molecule has 2 heterocycles. The molecule has 4 nitrogen and oxygen atoms in total. The molecule has 5 rings (SSSR count). The molecule has 0 bridgehead atoms. The molecule has 1 aromatic heterocycles. The average Bonchev–Trinajstić information content (AvgIpc) is 3.31. The second-order valence-electron chi connectivity index (χ2n) is 7.77. The molecule has 1 aliphatic carbocycles. The average molecular weight is 380 g/mol. The van der Waals surface area contributed by atoms with Gasteiger partial charge in [-0.05, 0) is 72.7 Å². The third-order valence-corrected chi connectivity index (χ3v) is 6.22. The predicted octanol–water partition coefficient (Wildman–Crippen LogP) is 4.92. The van der Waals surface area contributed by atoms with E-state index in [1.807, 2.05) is 12.1 Å². The number of carbonyl (C=O) groups is 1. The Balaban J connectivity index is 1.55. The lowest BCUT2D eigenvalue weighted by Crippen LogP contribution is -2.24. The molecule has 3 unspecified atom stereocenters. The van der Waals surface area contributed by atoms with Gasteiger partial charge in [0.2, 0.25) is 0 Å². The lowest BCUT2D eigenvalue weighted by atomic mass is 9.96. The molecule has 5 heteroatoms. The number of nitrogens with one attached hydrogen (secondary N) is 3. The monoisotopic (exact) mass is 379 g/mol. The molecule has 1 amide bonds. The highest BCUT2D eigenvalue weighted by molar-refractivity contribution is 6.30. The Morgan fingerprint density at radius 1 is 1.19 bits per heavy atom. The van der Waals surface area contributed by atoms with Crippen LogP contribution in [-0.4, -0.2) is 17.4 Å². The van der Waals surface area contributed by atoms with E-state index in [1.165, 1.54) is 17.4 Å². The van der Waals surface area contributed by atoms with Crippen molar-refractivity contribution in [3.8, 4) is 0 Å². The number of rotatable bonds is 3. The second-order valence-corrected chi connectivity index (χ2v) is 8.20. The summed E-state index contributed by atoms with van der Waals surface area (Å²) in [5, 5.41) is 8.60. The number of hydrogen-bond donors (Lipinski definition) is 3. The van der Waals surface area contributed by atoms with E-state index < -0.39 is 0 Å². The Morgan fingerprint density at radius 3 is 2.70 bits per heavy atom. The van der Waals surface area contributed by atoms with Gasteiger partial charge < -0.3 is 15.6 Å². The number of H-pyrrole nitrogens is 1. The topological polar surface area (TPSA) is 56.9 Å². The number of aromatic amines is 1. The largest absolute Gasteiger partial charge is 0.350 e. The summed E-state index contributed by atoms with van der Waals surface area (Å²) in [7, 11) is 0. The van der Waals surface area contributed by atoms with Gasteiger partial charge in [0, 0.05) is 27.7 Å². The summed E-state index contributed by atoms with van der Waals surface area (Å²) in [6.45, 7) is 3.21. The molecule has 3 aromatic rings. The first-order valence-electron chi connectivity index (χ1n) is 9.55. The van der Waals surface area contributed by atoms with Crippen LogP contribution < -0.4 is 10.6 Å². The van der Waals surface area contributed by atoms with Gasteiger partial charge in [0.25, 0.3) is 5.91 Å². The summed E-state index contributed by atoms with van der Waals surface area (Å²) in [4.78, 5) is 16.4. The summed E-state index contributed by atoms with van der Waals surface area (Å²) >= 11 is 5.94. The van der Waals surface area contributed by atoms with E-state index in [-0.39, 0.29) is 5.91 Å². The van der Waals surface area contributed by atoms with Crippen LogP contribution in [0.2, 0.25) is 5.02 Å². The fourth-order valence-corrected chi connectivity index (χ4v) is 4.56. The van der Waals surface area contributed by atoms with Gasteiger partial charge in [0.1, 0.15) is 5.69 Å². The normalized spacial score (nSPS) is 23.9. The maximum absolute atomic E-state index is 13.0. The maximum Gasteiger partial charge on any atom is 0.272 e. The number of benzene rings is 2. The number of anilines is 1. The van der Waals surface area contributed by atoms with Crippen LogP contribution in [0.1, 0.15) is 41.0 Å². The highest BCUT2D eigenvalue weighted by Crippen LogP contribution is 2.49. The Kier molecular flexibility index (Phi) is 3.99. The minimum atomic E-state index is -0.104. The third-order valence-electron chi connectivity index (χ3n) is 5.96. The standard InChI is InChI=1S/C22H22ClN3O/c1-12-11-17(12)20-15-3-2-4-18-19(15)16(9-10-24-20)21(26-18)22(27)25-14-7-5-13(23)6-8-14/h2-8,12,17,20,24,26H,9-11H2,1H3,(H,25,27). The summed E-state index contributed by atoms with van der Waals surface area (Å²) in [6, 6.07) is 14.0. The molecule has 1 fully saturated rings. The summed E-state index contributed by atoms with van der Waals surface area (Å²) in [5.41, 5.74) is 4.91. The first-order chi connectivity index (χ1) is 13.1. The van der Waals surface area contributed by atoms with E-state index in [0.717, 1.165) is 35.7 Å². The Labute approximate surface area is 163 Å². The van der Waals surface area contributed by atoms with Crippen LogP contribution in [0.3, 0.4) is 0 Å². The molecule has 138 valence electrons. The minimum absolute atomic E-state index is 0.104. The van der Waals surface area contributed by atoms with E-state index in [2.05, 4.69) is 40.7 Å². The summed E-state index contributed by atoms with van der Waals surface area (Å²) < 4.78 is 0. The molecule has 1 saturated carbocycles. The zero-order valence-corrected chi connectivity index (χ0v) is 15.9. The number of halogens is 1. The van der Waals surface area contributed by atoms with Crippen LogP contribution in [0.5, 0.6) is 0 Å². The molecule has 0 saturated heterocycles. The van der Waals surface area contributed by atoms with Crippen LogP contribution in [0.15, 0.2) is 42.5 Å². The van der Waals surface area contributed by atoms with Gasteiger partial charge in [-0.1, -0.05) is 30.7 Å². The molecule has 0 radical (unpaired) electrons. The van der Waals surface area contributed by atoms with Crippen LogP contribution in [0.4, 0.5) is 5.69 Å². The first kappa shape index (κ1) is 16.8. The SMILES string of the molecule is CC1CC1C1NCCc2c(C(=O)Nc3ccc(Cl)cc3)[nH]c3cccc1c23. The number of amides is 1. The van der Waals surface area contributed by atoms with Crippen molar-refractivity contribution in [2.75, 3.05) is 11.9 Å². The minimum Gasteiger partial charge on any atom is -0.350 e. The molecule has 2 aliphatic rings. The van der Waals surface area contributed by atoms with Crippen molar-refractivity contribution < 1.29 is 4.79 Å². The number of carbonyl (C=O) groups excluding carboxylic acids is 1. The van der Waals surface area contributed by atoms with Crippen molar-refractivity contribution in [2.24, 2.45) is 11.8 Å². The van der Waals surface area contributed by atoms with E-state index >= 15 is 0 Å². The highest BCUT2D eigenvalue weighted by atomic mass is 35.5. The van der Waals surface area contributed by atoms with Crippen LogP contribution >= 0.6 is 11.6 Å². The zero-order chi connectivity index (χ0) is 18.5. The Hall–Kier alpha value is -2.30. The van der Waals surface area contributed by atoms with E-state index in [1.54, 1.807) is 12.1 Å². The molecule has 3 N–H and O–H groups in total. The highest BCUT2D eigenvalue weighted by Gasteiger charge is 2.41. The molecule has 0 spiro atoms. The second kappa shape index (κ2) is 6.39. The van der Waals surface area contributed by atoms with Crippen LogP contribution in [-0.2, 0) is 6.42 Å². The van der Waals surface area contributed by atoms with Gasteiger partial charge >= 0.3 is 0 Å². The van der Waals surface area contributed by atoms with Crippen LogP contribution in [0.25, 0.3) is 10.9 Å². The van der Waals surface area contributed by atoms with Gasteiger partial charge in [0.05, 0.1) is 0 Å². The summed E-state index contributed by atoms with van der Waals surface area (Å²) in [6.07, 6.45) is 2.12. The zero-order valence-electron chi connectivity index (χ0n) is 15.2. The number of hydrogen-bond acceptors (Lipinski definition) is 2. The third kappa shape index (κ3) is 2.93. The van der Waals surface area contributed by atoms with Crippen molar-refractivity contribution in [3.05, 3.63) is 64.3 Å². The van der Waals surface area contributed by atoms with Crippen molar-refractivity contribution in [1.82, 2.24) is 10.3 Å². The van der Waals surface area contributed by atoms with E-state index in [4.69, 9.17) is 11.6 Å². The van der Waals surface area contributed by atoms with Gasteiger partial charge in [-0.2, -0.15) is 0 Å². The molecular weight excluding hydrogens is 358 g/mol. The first-order valence-corrected chi connectivity index (χ1v) is 9.93.